The van der Waals surface area contributed by atoms with Gasteiger partial charge in [-0.15, -0.1) is 0 Å². The molecular weight excluding hydrogens is 182 g/mol. The largest absolute Gasteiger partial charge is 0.497 e. The van der Waals surface area contributed by atoms with Gasteiger partial charge in [0.15, 0.2) is 0 Å². The first-order chi connectivity index (χ1) is 6.83. The Morgan fingerprint density at radius 3 is 2.86 bits per heavy atom. The van der Waals surface area contributed by atoms with Crippen LogP contribution in [-0.2, 0) is 4.79 Å². The molecule has 2 aliphatic rings. The fraction of sp³-hybridized carbons (Fsp3) is 0.500. The molecule has 0 saturated carbocycles. The van der Waals surface area contributed by atoms with E-state index in [2.05, 4.69) is 14.8 Å². The number of carbonyl (C=O) groups is 1. The zero-order chi connectivity index (χ0) is 9.97. The van der Waals surface area contributed by atoms with E-state index in [1.54, 1.807) is 4.90 Å². The van der Waals surface area contributed by atoms with Crippen LogP contribution in [0.1, 0.15) is 12.8 Å². The SMILES string of the molecule is [N-]=[N+]=C1N=CN=C1C(=O)N1CCCC1. The van der Waals surface area contributed by atoms with E-state index in [0.29, 0.717) is 0 Å². The van der Waals surface area contributed by atoms with Crippen molar-refractivity contribution in [1.29, 1.82) is 0 Å². The minimum atomic E-state index is -0.201. The molecule has 0 unspecified atom stereocenters. The topological polar surface area (TPSA) is 81.4 Å². The van der Waals surface area contributed by atoms with Gasteiger partial charge in [0.05, 0.1) is 0 Å². The number of nitrogens with zero attached hydrogens (tertiary/aromatic N) is 5. The Morgan fingerprint density at radius 2 is 2.21 bits per heavy atom. The molecule has 14 heavy (non-hydrogen) atoms. The van der Waals surface area contributed by atoms with Gasteiger partial charge in [-0.1, -0.05) is 0 Å². The van der Waals surface area contributed by atoms with E-state index in [9.17, 15) is 4.79 Å². The third-order valence-corrected chi connectivity index (χ3v) is 2.27. The Labute approximate surface area is 80.6 Å². The second kappa shape index (κ2) is 3.51. The maximum atomic E-state index is 11.7. The highest BCUT2D eigenvalue weighted by atomic mass is 16.2. The van der Waals surface area contributed by atoms with Crippen LogP contribution in [0.4, 0.5) is 0 Å². The van der Waals surface area contributed by atoms with Gasteiger partial charge in [-0.25, -0.2) is 0 Å². The summed E-state index contributed by atoms with van der Waals surface area (Å²) in [6, 6.07) is 0. The third kappa shape index (κ3) is 1.36. The molecule has 2 rings (SSSR count). The van der Waals surface area contributed by atoms with Gasteiger partial charge in [-0.2, -0.15) is 4.99 Å². The highest BCUT2D eigenvalue weighted by Gasteiger charge is 2.33. The predicted molar refractivity (Wildman–Crippen MR) is 50.4 cm³/mol. The summed E-state index contributed by atoms with van der Waals surface area (Å²) >= 11 is 0. The van der Waals surface area contributed by atoms with E-state index in [1.807, 2.05) is 0 Å². The molecule has 0 N–H and O–H groups in total. The molecule has 0 aromatic carbocycles. The smallest absolute Gasteiger partial charge is 0.434 e. The number of amides is 1. The molecule has 0 atom stereocenters. The van der Waals surface area contributed by atoms with Crippen molar-refractivity contribution in [3.8, 4) is 0 Å². The van der Waals surface area contributed by atoms with Crippen molar-refractivity contribution < 1.29 is 9.58 Å². The van der Waals surface area contributed by atoms with Crippen LogP contribution in [0, 0.1) is 0 Å². The second-order valence-corrected chi connectivity index (χ2v) is 3.15. The standard InChI is InChI=1S/C8H9N5O/c9-12-7-6(10-5-11-7)8(14)13-3-1-2-4-13/h5H,1-4H2. The van der Waals surface area contributed by atoms with Crippen LogP contribution in [-0.4, -0.2) is 46.6 Å². The molecule has 2 aliphatic heterocycles. The van der Waals surface area contributed by atoms with Gasteiger partial charge >= 0.3 is 5.84 Å². The molecule has 0 spiro atoms. The minimum absolute atomic E-state index is 0.00176. The van der Waals surface area contributed by atoms with Gasteiger partial charge in [0, 0.05) is 13.1 Å². The molecule has 1 saturated heterocycles. The van der Waals surface area contributed by atoms with E-state index in [1.165, 1.54) is 6.34 Å². The van der Waals surface area contributed by atoms with Crippen LogP contribution in [0.2, 0.25) is 0 Å². The molecule has 72 valence electrons. The second-order valence-electron chi connectivity index (χ2n) is 3.15. The van der Waals surface area contributed by atoms with Crippen LogP contribution < -0.4 is 0 Å². The van der Waals surface area contributed by atoms with Crippen molar-refractivity contribution in [2.45, 2.75) is 12.8 Å². The molecule has 0 radical (unpaired) electrons. The zero-order valence-corrected chi connectivity index (χ0v) is 7.55. The zero-order valence-electron chi connectivity index (χ0n) is 7.55. The summed E-state index contributed by atoms with van der Waals surface area (Å²) in [6.45, 7) is 1.49. The first kappa shape index (κ1) is 8.77. The molecular formula is C8H9N5O. The Bertz CT molecular complexity index is 371. The van der Waals surface area contributed by atoms with Gasteiger partial charge in [0.2, 0.25) is 12.1 Å². The number of carbonyl (C=O) groups excluding carboxylic acids is 1. The van der Waals surface area contributed by atoms with Crippen molar-refractivity contribution >= 4 is 23.8 Å². The summed E-state index contributed by atoms with van der Waals surface area (Å²) in [6.07, 6.45) is 3.26. The minimum Gasteiger partial charge on any atom is -0.497 e. The molecule has 6 heteroatoms. The monoisotopic (exact) mass is 191 g/mol. The lowest BCUT2D eigenvalue weighted by Gasteiger charge is -2.12. The molecule has 1 fully saturated rings. The molecule has 6 nitrogen and oxygen atoms in total. The van der Waals surface area contributed by atoms with Crippen molar-refractivity contribution in [2.75, 3.05) is 13.1 Å². The summed E-state index contributed by atoms with van der Waals surface area (Å²) in [4.78, 5) is 23.8. The van der Waals surface area contributed by atoms with Gasteiger partial charge in [-0.3, -0.25) is 4.79 Å². The highest BCUT2D eigenvalue weighted by Crippen LogP contribution is 2.09. The fourth-order valence-electron chi connectivity index (χ4n) is 1.55. The summed E-state index contributed by atoms with van der Waals surface area (Å²) in [5, 5.41) is 0. The third-order valence-electron chi connectivity index (χ3n) is 2.27. The molecule has 0 aliphatic carbocycles. The van der Waals surface area contributed by atoms with Crippen LogP contribution >= 0.6 is 0 Å². The predicted octanol–water partition coefficient (Wildman–Crippen LogP) is -0.280. The van der Waals surface area contributed by atoms with Gasteiger partial charge < -0.3 is 15.2 Å². The average Bonchev–Trinajstić information content (AvgIpc) is 2.87. The van der Waals surface area contributed by atoms with Gasteiger partial charge in [-0.05, 0) is 17.8 Å². The van der Waals surface area contributed by atoms with Gasteiger partial charge in [0.1, 0.15) is 0 Å². The van der Waals surface area contributed by atoms with Crippen LogP contribution in [0.25, 0.3) is 5.53 Å². The van der Waals surface area contributed by atoms with Crippen molar-refractivity contribution in [3.63, 3.8) is 0 Å². The van der Waals surface area contributed by atoms with E-state index in [0.717, 1.165) is 25.9 Å². The Hall–Kier alpha value is -1.81. The Kier molecular flexibility index (Phi) is 2.20. The number of hydrogen-bond donors (Lipinski definition) is 0. The summed E-state index contributed by atoms with van der Waals surface area (Å²) in [5.74, 6) is -0.199. The lowest BCUT2D eigenvalue weighted by molar-refractivity contribution is -0.123. The van der Waals surface area contributed by atoms with Crippen molar-refractivity contribution in [1.82, 2.24) is 4.90 Å². The number of rotatable bonds is 1. The summed E-state index contributed by atoms with van der Waals surface area (Å²) < 4.78 is 0. The van der Waals surface area contributed by atoms with Crippen LogP contribution in [0.15, 0.2) is 9.98 Å². The number of amidine groups is 1. The van der Waals surface area contributed by atoms with Gasteiger partial charge in [0.25, 0.3) is 5.91 Å². The highest BCUT2D eigenvalue weighted by molar-refractivity contribution is 6.67. The van der Waals surface area contributed by atoms with Crippen molar-refractivity contribution in [3.05, 3.63) is 5.53 Å². The van der Waals surface area contributed by atoms with E-state index in [-0.39, 0.29) is 17.5 Å². The first-order valence-electron chi connectivity index (χ1n) is 4.45. The molecule has 2 heterocycles. The summed E-state index contributed by atoms with van der Waals surface area (Å²) in [7, 11) is 0. The van der Waals surface area contributed by atoms with Crippen LogP contribution in [0.3, 0.4) is 0 Å². The fourth-order valence-corrected chi connectivity index (χ4v) is 1.55. The quantitative estimate of drug-likeness (QED) is 0.414. The van der Waals surface area contributed by atoms with Crippen molar-refractivity contribution in [2.24, 2.45) is 9.98 Å². The Morgan fingerprint density at radius 1 is 1.50 bits per heavy atom. The lowest BCUT2D eigenvalue weighted by atomic mass is 10.3. The number of likely N-dealkylation sites (tertiary alicyclic amines) is 1. The molecule has 0 aromatic rings. The normalized spacial score (nSPS) is 19.9. The molecule has 0 bridgehead atoms. The lowest BCUT2D eigenvalue weighted by Crippen LogP contribution is -2.36. The number of aliphatic imine (C=N–C) groups is 2. The van der Waals surface area contributed by atoms with E-state index in [4.69, 9.17) is 5.53 Å². The maximum absolute atomic E-state index is 11.7. The van der Waals surface area contributed by atoms with E-state index < -0.39 is 0 Å². The van der Waals surface area contributed by atoms with Crippen LogP contribution in [0.5, 0.6) is 0 Å². The molecule has 1 amide bonds. The van der Waals surface area contributed by atoms with E-state index >= 15 is 0 Å². The average molecular weight is 191 g/mol. The maximum Gasteiger partial charge on any atom is 0.434 e. The molecule has 0 aromatic heterocycles. The first-order valence-corrected chi connectivity index (χ1v) is 4.45. The number of hydrogen-bond acceptors (Lipinski definition) is 2. The Balaban J connectivity index is 2.16. The summed E-state index contributed by atoms with van der Waals surface area (Å²) in [5.41, 5.74) is 8.68.